The van der Waals surface area contributed by atoms with E-state index in [2.05, 4.69) is 84.8 Å². The molecule has 308 valence electrons. The molecule has 0 radical (unpaired) electrons. The smallest absolute Gasteiger partial charge is 0.224 e. The monoisotopic (exact) mass is 786 g/mol. The lowest BCUT2D eigenvalue weighted by Crippen LogP contribution is -2.42. The molecule has 9 nitrogen and oxygen atoms in total. The van der Waals surface area contributed by atoms with Crippen molar-refractivity contribution in [2.75, 3.05) is 24.1 Å². The second-order valence-corrected chi connectivity index (χ2v) is 18.1. The van der Waals surface area contributed by atoms with E-state index >= 15 is 0 Å². The Labute approximate surface area is 344 Å². The number of nitrogen functional groups attached to an aromatic ring is 1. The van der Waals surface area contributed by atoms with Crippen LogP contribution in [0, 0.1) is 10.8 Å². The van der Waals surface area contributed by atoms with E-state index in [-0.39, 0.29) is 30.6 Å². The lowest BCUT2D eigenvalue weighted by atomic mass is 9.65. The quantitative estimate of drug-likeness (QED) is 0.0659. The van der Waals surface area contributed by atoms with Gasteiger partial charge in [-0.05, 0) is 95.0 Å². The van der Waals surface area contributed by atoms with Crippen molar-refractivity contribution in [1.29, 1.82) is 0 Å². The third kappa shape index (κ3) is 10.9. The molecule has 0 aromatic heterocycles. The van der Waals surface area contributed by atoms with E-state index in [0.29, 0.717) is 47.6 Å². The molecule has 5 unspecified atom stereocenters. The van der Waals surface area contributed by atoms with Crippen LogP contribution in [0.5, 0.6) is 0 Å². The predicted octanol–water partition coefficient (Wildman–Crippen LogP) is 9.47. The maximum absolute atomic E-state index is 12.7. The molecule has 5 N–H and O–H groups in total. The summed E-state index contributed by atoms with van der Waals surface area (Å²) in [6.07, 6.45) is 8.09. The highest BCUT2D eigenvalue weighted by atomic mass is 16.7. The number of ether oxygens (including phenoxy) is 2. The maximum atomic E-state index is 12.7. The lowest BCUT2D eigenvalue weighted by Gasteiger charge is -2.41. The molecule has 4 aromatic carbocycles. The van der Waals surface area contributed by atoms with E-state index in [4.69, 9.17) is 15.2 Å². The second kappa shape index (κ2) is 18.6. The Morgan fingerprint density at radius 1 is 0.793 bits per heavy atom. The van der Waals surface area contributed by atoms with Gasteiger partial charge in [0.1, 0.15) is 0 Å². The Morgan fingerprint density at radius 2 is 1.52 bits per heavy atom. The molecule has 4 aromatic rings. The number of nitrogens with zero attached hydrogens (tertiary/aromatic N) is 1. The van der Waals surface area contributed by atoms with Crippen LogP contribution in [0.2, 0.25) is 0 Å². The lowest BCUT2D eigenvalue weighted by molar-refractivity contribution is -0.253. The van der Waals surface area contributed by atoms with Gasteiger partial charge in [0.25, 0.3) is 0 Å². The van der Waals surface area contributed by atoms with Crippen LogP contribution in [-0.2, 0) is 32.2 Å². The fourth-order valence-electron chi connectivity index (χ4n) is 9.85. The number of nitrogens with one attached hydrogen (secondary N) is 2. The number of rotatable bonds is 16. The van der Waals surface area contributed by atoms with Crippen molar-refractivity contribution in [1.82, 2.24) is 10.2 Å². The third-order valence-electron chi connectivity index (χ3n) is 12.3. The summed E-state index contributed by atoms with van der Waals surface area (Å²) in [7, 11) is 0. The fraction of sp³-hybridized carbons (Fsp3) is 0.469. The standard InChI is InChI=1S/C49H62N4O5/c1-48(2)27-40-28-49(3,32-48)33-53(40)30-41-26-44(36-22-20-34(31-54)21-23-36)58-47(57-41)39-15-11-14-38(25-39)37-13-10-12-35(24-37)29-51-45(55)18-6-4-5-7-19-46(56)52-43-17-9-8-16-42(43)50/h8-17,20-25,40-41,44,47,54H,4-7,18-19,26-33,50H2,1-3H3,(H,51,55)(H,52,56). The Morgan fingerprint density at radius 3 is 2.28 bits per heavy atom. The summed E-state index contributed by atoms with van der Waals surface area (Å²) < 4.78 is 13.6. The molecule has 1 saturated carbocycles. The van der Waals surface area contributed by atoms with Gasteiger partial charge in [-0.2, -0.15) is 0 Å². The molecule has 0 spiro atoms. The van der Waals surface area contributed by atoms with Crippen LogP contribution < -0.4 is 16.4 Å². The van der Waals surface area contributed by atoms with Gasteiger partial charge in [0.15, 0.2) is 6.29 Å². The predicted molar refractivity (Wildman–Crippen MR) is 230 cm³/mol. The van der Waals surface area contributed by atoms with Crippen molar-refractivity contribution in [2.45, 2.75) is 123 Å². The number of para-hydroxylation sites is 2. The van der Waals surface area contributed by atoms with Gasteiger partial charge in [0, 0.05) is 50.5 Å². The first-order valence-corrected chi connectivity index (χ1v) is 21.3. The first-order valence-electron chi connectivity index (χ1n) is 21.3. The van der Waals surface area contributed by atoms with Crippen LogP contribution in [0.25, 0.3) is 11.1 Å². The number of fused-ring (bicyclic) bond motifs is 2. The molecule has 2 amide bonds. The molecule has 2 heterocycles. The van der Waals surface area contributed by atoms with E-state index in [1.54, 1.807) is 12.1 Å². The largest absolute Gasteiger partial charge is 0.397 e. The van der Waals surface area contributed by atoms with Crippen molar-refractivity contribution in [2.24, 2.45) is 10.8 Å². The molecule has 9 heteroatoms. The third-order valence-corrected chi connectivity index (χ3v) is 12.3. The molecule has 58 heavy (non-hydrogen) atoms. The number of nitrogens with two attached hydrogens (primary N) is 1. The minimum Gasteiger partial charge on any atom is -0.397 e. The Hall–Kier alpha value is -4.54. The van der Waals surface area contributed by atoms with Gasteiger partial charge in [-0.15, -0.1) is 0 Å². The summed E-state index contributed by atoms with van der Waals surface area (Å²) in [5.74, 6) is -0.0147. The topological polar surface area (TPSA) is 126 Å². The normalized spacial score (nSPS) is 24.0. The van der Waals surface area contributed by atoms with Crippen LogP contribution in [0.1, 0.15) is 120 Å². The molecule has 1 aliphatic carbocycles. The van der Waals surface area contributed by atoms with Crippen LogP contribution in [-0.4, -0.2) is 47.1 Å². The van der Waals surface area contributed by atoms with Gasteiger partial charge in [-0.1, -0.05) is 106 Å². The van der Waals surface area contributed by atoms with Gasteiger partial charge in [-0.3, -0.25) is 14.5 Å². The van der Waals surface area contributed by atoms with Crippen LogP contribution >= 0.6 is 0 Å². The second-order valence-electron chi connectivity index (χ2n) is 18.1. The average Bonchev–Trinajstić information content (AvgIpc) is 3.45. The zero-order valence-corrected chi connectivity index (χ0v) is 34.6. The number of aliphatic hydroxyl groups excluding tert-OH is 1. The van der Waals surface area contributed by atoms with Crippen molar-refractivity contribution in [3.05, 3.63) is 119 Å². The van der Waals surface area contributed by atoms with Gasteiger partial charge in [0.2, 0.25) is 11.8 Å². The van der Waals surface area contributed by atoms with Crippen LogP contribution in [0.3, 0.4) is 0 Å². The Balaban J connectivity index is 0.934. The number of carbonyl (C=O) groups excluding carboxylic acids is 2. The number of hydrogen-bond acceptors (Lipinski definition) is 7. The summed E-state index contributed by atoms with van der Waals surface area (Å²) in [5, 5.41) is 15.6. The molecule has 3 aliphatic rings. The number of hydrogen-bond donors (Lipinski definition) is 4. The number of aliphatic hydroxyl groups is 1. The number of unbranched alkanes of at least 4 members (excludes halogenated alkanes) is 3. The van der Waals surface area contributed by atoms with E-state index in [1.165, 1.54) is 19.3 Å². The van der Waals surface area contributed by atoms with Crippen LogP contribution in [0.15, 0.2) is 97.1 Å². The van der Waals surface area contributed by atoms with Crippen molar-refractivity contribution in [3.63, 3.8) is 0 Å². The molecule has 5 atom stereocenters. The number of carbonyl (C=O) groups is 2. The summed E-state index contributed by atoms with van der Waals surface area (Å²) >= 11 is 0. The van der Waals surface area contributed by atoms with Gasteiger partial charge in [0.05, 0.1) is 30.2 Å². The van der Waals surface area contributed by atoms with Crippen LogP contribution in [0.4, 0.5) is 11.4 Å². The van der Waals surface area contributed by atoms with E-state index in [1.807, 2.05) is 36.4 Å². The van der Waals surface area contributed by atoms with E-state index in [9.17, 15) is 14.7 Å². The van der Waals surface area contributed by atoms with Gasteiger partial charge < -0.3 is 30.9 Å². The van der Waals surface area contributed by atoms with E-state index in [0.717, 1.165) is 78.6 Å². The Bertz CT molecular complexity index is 2020. The molecule has 2 bridgehead atoms. The Kier molecular flexibility index (Phi) is 13.3. The van der Waals surface area contributed by atoms with Gasteiger partial charge in [-0.25, -0.2) is 0 Å². The number of likely N-dealkylation sites (tertiary alicyclic amines) is 1. The first-order chi connectivity index (χ1) is 27.9. The van der Waals surface area contributed by atoms with Crippen molar-refractivity contribution < 1.29 is 24.2 Å². The minimum absolute atomic E-state index is 0.00894. The number of benzene rings is 4. The fourth-order valence-corrected chi connectivity index (χ4v) is 9.85. The molecular weight excluding hydrogens is 725 g/mol. The van der Waals surface area contributed by atoms with Crippen molar-refractivity contribution in [3.8, 4) is 11.1 Å². The summed E-state index contributed by atoms with van der Waals surface area (Å²) in [5.41, 5.74) is 14.0. The minimum atomic E-state index is -0.525. The number of anilines is 2. The SMILES string of the molecule is CC1(C)CC2CC(C)(CN2CC2CC(c3ccc(CO)cc3)OC(c3cccc(-c4cccc(CNC(=O)CCCCCCC(=O)Nc5ccccc5N)c4)c3)O2)C1. The average molecular weight is 787 g/mol. The van der Waals surface area contributed by atoms with Gasteiger partial charge >= 0.3 is 0 Å². The molecular formula is C49H62N4O5. The highest BCUT2D eigenvalue weighted by Gasteiger charge is 2.50. The van der Waals surface area contributed by atoms with Crippen molar-refractivity contribution >= 4 is 23.2 Å². The molecule has 7 rings (SSSR count). The first kappa shape index (κ1) is 41.6. The molecule has 3 fully saturated rings. The highest BCUT2D eigenvalue weighted by molar-refractivity contribution is 5.93. The zero-order valence-electron chi connectivity index (χ0n) is 34.6. The van der Waals surface area contributed by atoms with E-state index < -0.39 is 6.29 Å². The molecule has 2 saturated heterocycles. The maximum Gasteiger partial charge on any atom is 0.224 e. The number of amides is 2. The molecule has 2 aliphatic heterocycles. The summed E-state index contributed by atoms with van der Waals surface area (Å²) in [6.45, 7) is 9.79. The zero-order chi connectivity index (χ0) is 40.7. The summed E-state index contributed by atoms with van der Waals surface area (Å²) in [6, 6.07) is 32.7. The highest BCUT2D eigenvalue weighted by Crippen LogP contribution is 2.53. The summed E-state index contributed by atoms with van der Waals surface area (Å²) in [4.78, 5) is 27.7.